The van der Waals surface area contributed by atoms with Gasteiger partial charge in [0, 0.05) is 44.0 Å². The zero-order chi connectivity index (χ0) is 25.4. The molecule has 6 heterocycles. The first kappa shape index (κ1) is 22.7. The van der Waals surface area contributed by atoms with Crippen molar-refractivity contribution in [1.82, 2.24) is 24.0 Å². The highest BCUT2D eigenvalue weighted by molar-refractivity contribution is 6.09. The van der Waals surface area contributed by atoms with E-state index in [1.807, 2.05) is 12.1 Å². The summed E-state index contributed by atoms with van der Waals surface area (Å²) in [5.74, 6) is 0.851. The van der Waals surface area contributed by atoms with Crippen molar-refractivity contribution in [2.75, 3.05) is 45.3 Å². The van der Waals surface area contributed by atoms with E-state index in [0.29, 0.717) is 58.1 Å². The Bertz CT molecular complexity index is 1590. The van der Waals surface area contributed by atoms with E-state index in [4.69, 9.17) is 14.5 Å². The number of aromatic nitrogens is 4. The quantitative estimate of drug-likeness (QED) is 0.425. The molecule has 2 unspecified atom stereocenters. The Hall–Kier alpha value is -3.50. The van der Waals surface area contributed by atoms with Crippen LogP contribution in [0.1, 0.15) is 18.9 Å². The van der Waals surface area contributed by atoms with Crippen molar-refractivity contribution in [2.24, 2.45) is 7.05 Å². The van der Waals surface area contributed by atoms with Gasteiger partial charge in [-0.3, -0.25) is 14.1 Å². The maximum atomic E-state index is 15.7. The standard InChI is InChI=1S/C27H29FN6O3/c1-31(2)16-6-8-33(9-7-16)22-5-4-15(11-30-22)23-17(28)10-18-24-25-19(12-29-18)32(3)27(35)34(25)20-13-36-14-21(20)37-26(23)24/h4-5,10-12,16,20-21H,6-9,13-14H2,1-3H3. The maximum absolute atomic E-state index is 15.7. The molecule has 0 saturated carbocycles. The first-order valence-electron chi connectivity index (χ1n) is 12.8. The number of halogens is 1. The first-order valence-corrected chi connectivity index (χ1v) is 12.8. The van der Waals surface area contributed by atoms with Crippen LogP contribution in [0.2, 0.25) is 0 Å². The predicted molar refractivity (Wildman–Crippen MR) is 139 cm³/mol. The second kappa shape index (κ2) is 8.26. The number of pyridine rings is 2. The Morgan fingerprint density at radius 3 is 2.65 bits per heavy atom. The van der Waals surface area contributed by atoms with Crippen molar-refractivity contribution >= 4 is 27.8 Å². The fraction of sp³-hybridized carbons (Fsp3) is 0.444. The molecule has 2 fully saturated rings. The number of hydrogen-bond acceptors (Lipinski definition) is 7. The topological polar surface area (TPSA) is 77.6 Å². The van der Waals surface area contributed by atoms with E-state index in [-0.39, 0.29) is 11.7 Å². The maximum Gasteiger partial charge on any atom is 0.329 e. The van der Waals surface area contributed by atoms with E-state index in [0.717, 1.165) is 31.7 Å². The third-order valence-electron chi connectivity index (χ3n) is 8.27. The van der Waals surface area contributed by atoms with Crippen LogP contribution in [0.3, 0.4) is 0 Å². The van der Waals surface area contributed by atoms with Crippen LogP contribution in [0.4, 0.5) is 10.2 Å². The third-order valence-corrected chi connectivity index (χ3v) is 8.27. The molecule has 9 nitrogen and oxygen atoms in total. The molecule has 4 aromatic rings. The molecule has 3 aromatic heterocycles. The summed E-state index contributed by atoms with van der Waals surface area (Å²) in [5.41, 5.74) is 2.65. The number of rotatable bonds is 3. The smallest absolute Gasteiger partial charge is 0.329 e. The van der Waals surface area contributed by atoms with E-state index in [1.54, 1.807) is 28.6 Å². The molecule has 1 aromatic carbocycles. The van der Waals surface area contributed by atoms with E-state index >= 15 is 4.39 Å². The third kappa shape index (κ3) is 3.31. The Balaban J connectivity index is 1.36. The SMILES string of the molecule is CN(C)C1CCN(c2ccc(-c3c(F)cc4ncc5c6c4c3OC3COCC3n6c(=O)n5C)cn2)CC1. The van der Waals surface area contributed by atoms with Crippen molar-refractivity contribution in [1.29, 1.82) is 0 Å². The van der Waals surface area contributed by atoms with Crippen LogP contribution in [0.25, 0.3) is 33.1 Å². The van der Waals surface area contributed by atoms with Gasteiger partial charge in [-0.25, -0.2) is 14.2 Å². The van der Waals surface area contributed by atoms with Crippen LogP contribution in [0.15, 0.2) is 35.4 Å². The Labute approximate surface area is 213 Å². The van der Waals surface area contributed by atoms with Gasteiger partial charge in [0.25, 0.3) is 0 Å². The van der Waals surface area contributed by atoms with E-state index in [9.17, 15) is 4.79 Å². The van der Waals surface area contributed by atoms with Crippen LogP contribution in [0.5, 0.6) is 5.75 Å². The molecule has 37 heavy (non-hydrogen) atoms. The monoisotopic (exact) mass is 504 g/mol. The average Bonchev–Trinajstić information content (AvgIpc) is 3.41. The number of nitrogens with zero attached hydrogens (tertiary/aromatic N) is 6. The lowest BCUT2D eigenvalue weighted by Crippen LogP contribution is -2.42. The van der Waals surface area contributed by atoms with Crippen LogP contribution >= 0.6 is 0 Å². The van der Waals surface area contributed by atoms with E-state index in [2.05, 4.69) is 28.9 Å². The Morgan fingerprint density at radius 1 is 1.11 bits per heavy atom. The normalized spacial score (nSPS) is 21.7. The second-order valence-corrected chi connectivity index (χ2v) is 10.5. The molecule has 0 aliphatic carbocycles. The molecule has 2 saturated heterocycles. The van der Waals surface area contributed by atoms with Gasteiger partial charge >= 0.3 is 5.69 Å². The molecule has 10 heteroatoms. The van der Waals surface area contributed by atoms with Gasteiger partial charge in [0.05, 0.1) is 46.9 Å². The van der Waals surface area contributed by atoms with Gasteiger partial charge < -0.3 is 19.3 Å². The molecule has 3 aliphatic rings. The fourth-order valence-corrected chi connectivity index (χ4v) is 6.17. The number of ether oxygens (including phenoxy) is 2. The van der Waals surface area contributed by atoms with Gasteiger partial charge in [0.1, 0.15) is 29.5 Å². The zero-order valence-corrected chi connectivity index (χ0v) is 21.1. The van der Waals surface area contributed by atoms with Gasteiger partial charge in [-0.2, -0.15) is 0 Å². The molecule has 7 rings (SSSR count). The lowest BCUT2D eigenvalue weighted by Gasteiger charge is -2.35. The second-order valence-electron chi connectivity index (χ2n) is 10.5. The molecule has 0 N–H and O–H groups in total. The summed E-state index contributed by atoms with van der Waals surface area (Å²) in [5, 5.41) is 0.649. The van der Waals surface area contributed by atoms with Crippen LogP contribution in [-0.4, -0.2) is 76.5 Å². The number of imidazole rings is 1. The van der Waals surface area contributed by atoms with Gasteiger partial charge in [-0.1, -0.05) is 0 Å². The lowest BCUT2D eigenvalue weighted by molar-refractivity contribution is 0.140. The summed E-state index contributed by atoms with van der Waals surface area (Å²) in [4.78, 5) is 27.0. The minimum atomic E-state index is -0.433. The average molecular weight is 505 g/mol. The number of piperidine rings is 1. The first-order chi connectivity index (χ1) is 17.9. The minimum Gasteiger partial charge on any atom is -0.484 e. The fourth-order valence-electron chi connectivity index (χ4n) is 6.17. The molecule has 3 aliphatic heterocycles. The van der Waals surface area contributed by atoms with E-state index in [1.165, 1.54) is 6.07 Å². The molecule has 0 bridgehead atoms. The highest BCUT2D eigenvalue weighted by atomic mass is 19.1. The summed E-state index contributed by atoms with van der Waals surface area (Å²) >= 11 is 0. The minimum absolute atomic E-state index is 0.156. The van der Waals surface area contributed by atoms with Gasteiger partial charge in [0.15, 0.2) is 0 Å². The van der Waals surface area contributed by atoms with Gasteiger partial charge in [-0.05, 0) is 39.1 Å². The highest BCUT2D eigenvalue weighted by Crippen LogP contribution is 2.45. The summed E-state index contributed by atoms with van der Waals surface area (Å²) < 4.78 is 31.3. The zero-order valence-electron chi connectivity index (χ0n) is 21.1. The molecular formula is C27H29FN6O3. The summed E-state index contributed by atoms with van der Waals surface area (Å²) in [6, 6.07) is 5.58. The molecule has 192 valence electrons. The van der Waals surface area contributed by atoms with Crippen molar-refractivity contribution < 1.29 is 13.9 Å². The van der Waals surface area contributed by atoms with Crippen LogP contribution < -0.4 is 15.3 Å². The largest absolute Gasteiger partial charge is 0.484 e. The highest BCUT2D eigenvalue weighted by Gasteiger charge is 2.39. The summed E-state index contributed by atoms with van der Waals surface area (Å²) in [7, 11) is 5.98. The number of hydrogen-bond donors (Lipinski definition) is 0. The number of aryl methyl sites for hydroxylation is 1. The van der Waals surface area contributed by atoms with Gasteiger partial charge in [-0.15, -0.1) is 0 Å². The Kier molecular flexibility index (Phi) is 5.06. The number of benzene rings is 1. The van der Waals surface area contributed by atoms with Crippen molar-refractivity contribution in [2.45, 2.75) is 31.0 Å². The van der Waals surface area contributed by atoms with Crippen molar-refractivity contribution in [3.63, 3.8) is 0 Å². The predicted octanol–water partition coefficient (Wildman–Crippen LogP) is 2.95. The summed E-state index contributed by atoms with van der Waals surface area (Å²) in [6.45, 7) is 2.56. The Morgan fingerprint density at radius 2 is 1.92 bits per heavy atom. The molecule has 2 atom stereocenters. The van der Waals surface area contributed by atoms with Crippen molar-refractivity contribution in [3.8, 4) is 16.9 Å². The molecule has 0 radical (unpaired) electrons. The number of fused-ring (bicyclic) bond motifs is 2. The molecule has 0 spiro atoms. The van der Waals surface area contributed by atoms with Crippen molar-refractivity contribution in [3.05, 3.63) is 46.9 Å². The summed E-state index contributed by atoms with van der Waals surface area (Å²) in [6.07, 6.45) is 5.10. The number of anilines is 1. The van der Waals surface area contributed by atoms with Crippen LogP contribution in [0, 0.1) is 5.82 Å². The van der Waals surface area contributed by atoms with Crippen LogP contribution in [-0.2, 0) is 11.8 Å². The van der Waals surface area contributed by atoms with E-state index < -0.39 is 11.9 Å². The molecule has 0 amide bonds. The van der Waals surface area contributed by atoms with Gasteiger partial charge in [0.2, 0.25) is 0 Å². The lowest BCUT2D eigenvalue weighted by atomic mass is 10.0. The molecular weight excluding hydrogens is 475 g/mol.